The van der Waals surface area contributed by atoms with Crippen molar-refractivity contribution in [2.24, 2.45) is 5.73 Å². The lowest BCUT2D eigenvalue weighted by atomic mass is 10.2. The summed E-state index contributed by atoms with van der Waals surface area (Å²) in [6.07, 6.45) is 0.0109. The molecule has 0 bridgehead atoms. The minimum absolute atomic E-state index is 0.203. The third-order valence-electron chi connectivity index (χ3n) is 2.22. The first-order valence-corrected chi connectivity index (χ1v) is 4.81. The summed E-state index contributed by atoms with van der Waals surface area (Å²) in [5.41, 5.74) is 5.08. The predicted octanol–water partition coefficient (Wildman–Crippen LogP) is -1.26. The fraction of sp³-hybridized carbons (Fsp3) is 0.778. The van der Waals surface area contributed by atoms with Crippen LogP contribution in [-0.4, -0.2) is 56.2 Å². The number of morpholine rings is 1. The van der Waals surface area contributed by atoms with Crippen molar-refractivity contribution >= 4 is 11.9 Å². The Morgan fingerprint density at radius 3 is 2.93 bits per heavy atom. The van der Waals surface area contributed by atoms with Crippen LogP contribution in [0, 0.1) is 0 Å². The molecule has 0 aromatic heterocycles. The van der Waals surface area contributed by atoms with E-state index in [-0.39, 0.29) is 30.9 Å². The molecule has 1 atom stereocenters. The molecule has 1 rings (SSSR count). The van der Waals surface area contributed by atoms with Crippen molar-refractivity contribution < 1.29 is 19.1 Å². The normalized spacial score (nSPS) is 22.3. The number of hydrogen-bond acceptors (Lipinski definition) is 5. The molecule has 0 radical (unpaired) electrons. The zero-order valence-electron chi connectivity index (χ0n) is 8.77. The van der Waals surface area contributed by atoms with Crippen LogP contribution in [0.15, 0.2) is 0 Å². The second-order valence-corrected chi connectivity index (χ2v) is 3.47. The average Bonchev–Trinajstić information content (AvgIpc) is 2.17. The summed E-state index contributed by atoms with van der Waals surface area (Å²) in [6, 6.07) is 0. The molecule has 1 heterocycles. The van der Waals surface area contributed by atoms with Gasteiger partial charge in [-0.2, -0.15) is 0 Å². The Kier molecular flexibility index (Phi) is 4.51. The number of carbonyl (C=O) groups excluding carboxylic acids is 2. The summed E-state index contributed by atoms with van der Waals surface area (Å²) in [5, 5.41) is 0. The van der Waals surface area contributed by atoms with E-state index < -0.39 is 0 Å². The van der Waals surface area contributed by atoms with Crippen LogP contribution >= 0.6 is 0 Å². The van der Waals surface area contributed by atoms with E-state index in [0.717, 1.165) is 0 Å². The molecular formula is C9H16N2O4. The summed E-state index contributed by atoms with van der Waals surface area (Å²) in [6.45, 7) is 1.93. The highest BCUT2D eigenvalue weighted by Gasteiger charge is 2.23. The van der Waals surface area contributed by atoms with Crippen LogP contribution in [0.5, 0.6) is 0 Å². The molecule has 1 aliphatic heterocycles. The van der Waals surface area contributed by atoms with Gasteiger partial charge in [-0.05, 0) is 0 Å². The van der Waals surface area contributed by atoms with Gasteiger partial charge in [-0.25, -0.2) is 0 Å². The lowest BCUT2D eigenvalue weighted by molar-refractivity contribution is -0.145. The average molecular weight is 216 g/mol. The van der Waals surface area contributed by atoms with Crippen LogP contribution in [0.3, 0.4) is 0 Å². The van der Waals surface area contributed by atoms with E-state index in [4.69, 9.17) is 10.5 Å². The largest absolute Gasteiger partial charge is 0.469 e. The molecule has 0 aromatic carbocycles. The van der Waals surface area contributed by atoms with Crippen molar-refractivity contribution in [1.82, 2.24) is 4.90 Å². The Hall–Kier alpha value is -1.14. The number of methoxy groups -OCH3 is 1. The number of rotatable bonds is 4. The van der Waals surface area contributed by atoms with E-state index in [9.17, 15) is 9.59 Å². The standard InChI is InChI=1S/C9H16N2O4/c1-14-9(13)4-7-5-11(2-3-15-7)6-8(10)12/h7H,2-6H2,1H3,(H2,10,12). The van der Waals surface area contributed by atoms with Crippen molar-refractivity contribution in [3.63, 3.8) is 0 Å². The van der Waals surface area contributed by atoms with Crippen LogP contribution in [-0.2, 0) is 19.1 Å². The molecule has 0 spiro atoms. The van der Waals surface area contributed by atoms with E-state index in [1.165, 1.54) is 7.11 Å². The van der Waals surface area contributed by atoms with Gasteiger partial charge in [0, 0.05) is 13.1 Å². The molecule has 1 fully saturated rings. The third-order valence-corrected chi connectivity index (χ3v) is 2.22. The molecule has 1 aliphatic rings. The van der Waals surface area contributed by atoms with Crippen LogP contribution in [0.1, 0.15) is 6.42 Å². The molecule has 6 heteroatoms. The fourth-order valence-corrected chi connectivity index (χ4v) is 1.54. The Morgan fingerprint density at radius 1 is 1.60 bits per heavy atom. The molecule has 2 N–H and O–H groups in total. The number of hydrogen-bond donors (Lipinski definition) is 1. The van der Waals surface area contributed by atoms with Gasteiger partial charge in [0.15, 0.2) is 0 Å². The van der Waals surface area contributed by atoms with E-state index >= 15 is 0 Å². The first kappa shape index (κ1) is 11.9. The van der Waals surface area contributed by atoms with Gasteiger partial charge in [0.05, 0.1) is 32.8 Å². The number of nitrogens with two attached hydrogens (primary N) is 1. The van der Waals surface area contributed by atoms with Gasteiger partial charge >= 0.3 is 5.97 Å². The quantitative estimate of drug-likeness (QED) is 0.593. The number of carbonyl (C=O) groups is 2. The monoisotopic (exact) mass is 216 g/mol. The first-order valence-electron chi connectivity index (χ1n) is 4.81. The minimum atomic E-state index is -0.367. The maximum atomic E-state index is 11.0. The van der Waals surface area contributed by atoms with Crippen molar-refractivity contribution in [3.8, 4) is 0 Å². The number of primary amides is 1. The second-order valence-electron chi connectivity index (χ2n) is 3.47. The van der Waals surface area contributed by atoms with Gasteiger partial charge in [-0.15, -0.1) is 0 Å². The maximum absolute atomic E-state index is 11.0. The molecule has 1 saturated heterocycles. The van der Waals surface area contributed by atoms with E-state index in [1.807, 2.05) is 4.90 Å². The maximum Gasteiger partial charge on any atom is 0.308 e. The summed E-state index contributed by atoms with van der Waals surface area (Å²) >= 11 is 0. The predicted molar refractivity (Wildman–Crippen MR) is 52.0 cm³/mol. The van der Waals surface area contributed by atoms with Crippen molar-refractivity contribution in [1.29, 1.82) is 0 Å². The highest BCUT2D eigenvalue weighted by molar-refractivity contribution is 5.76. The van der Waals surface area contributed by atoms with E-state index in [1.54, 1.807) is 0 Å². The lowest BCUT2D eigenvalue weighted by Gasteiger charge is -2.31. The number of nitrogens with zero attached hydrogens (tertiary/aromatic N) is 1. The zero-order valence-corrected chi connectivity index (χ0v) is 8.77. The van der Waals surface area contributed by atoms with Gasteiger partial charge in [0.2, 0.25) is 5.91 Å². The van der Waals surface area contributed by atoms with E-state index in [2.05, 4.69) is 4.74 Å². The highest BCUT2D eigenvalue weighted by atomic mass is 16.5. The SMILES string of the molecule is COC(=O)CC1CN(CC(N)=O)CCO1. The highest BCUT2D eigenvalue weighted by Crippen LogP contribution is 2.08. The van der Waals surface area contributed by atoms with Gasteiger partial charge in [-0.1, -0.05) is 0 Å². The van der Waals surface area contributed by atoms with Crippen molar-refractivity contribution in [3.05, 3.63) is 0 Å². The summed E-state index contributed by atoms with van der Waals surface area (Å²) in [5.74, 6) is -0.672. The lowest BCUT2D eigenvalue weighted by Crippen LogP contribution is -2.46. The molecule has 0 aliphatic carbocycles. The molecule has 1 amide bonds. The summed E-state index contributed by atoms with van der Waals surface area (Å²) in [7, 11) is 1.34. The molecule has 0 saturated carbocycles. The molecule has 1 unspecified atom stereocenters. The molecular weight excluding hydrogens is 200 g/mol. The fourth-order valence-electron chi connectivity index (χ4n) is 1.54. The number of amides is 1. The van der Waals surface area contributed by atoms with Crippen molar-refractivity contribution in [2.75, 3.05) is 33.4 Å². The first-order chi connectivity index (χ1) is 7.11. The zero-order chi connectivity index (χ0) is 11.3. The Labute approximate surface area is 88.3 Å². The smallest absolute Gasteiger partial charge is 0.308 e. The number of esters is 1. The number of ether oxygens (including phenoxy) is 2. The van der Waals surface area contributed by atoms with Gasteiger partial charge in [-0.3, -0.25) is 14.5 Å². The Bertz CT molecular complexity index is 244. The van der Waals surface area contributed by atoms with Crippen LogP contribution in [0.25, 0.3) is 0 Å². The third kappa shape index (κ3) is 4.26. The van der Waals surface area contributed by atoms with Crippen LogP contribution in [0.4, 0.5) is 0 Å². The molecule has 15 heavy (non-hydrogen) atoms. The van der Waals surface area contributed by atoms with Gasteiger partial charge in [0.1, 0.15) is 0 Å². The van der Waals surface area contributed by atoms with Crippen LogP contribution < -0.4 is 5.73 Å². The summed E-state index contributed by atoms with van der Waals surface area (Å²) in [4.78, 5) is 23.6. The Balaban J connectivity index is 2.35. The molecule has 86 valence electrons. The van der Waals surface area contributed by atoms with E-state index in [0.29, 0.717) is 19.7 Å². The molecule has 6 nitrogen and oxygen atoms in total. The summed E-state index contributed by atoms with van der Waals surface area (Å²) < 4.78 is 9.91. The minimum Gasteiger partial charge on any atom is -0.469 e. The molecule has 0 aromatic rings. The second kappa shape index (κ2) is 5.67. The Morgan fingerprint density at radius 2 is 2.33 bits per heavy atom. The topological polar surface area (TPSA) is 81.9 Å². The van der Waals surface area contributed by atoms with Crippen LogP contribution in [0.2, 0.25) is 0 Å². The van der Waals surface area contributed by atoms with Crippen molar-refractivity contribution in [2.45, 2.75) is 12.5 Å². The van der Waals surface area contributed by atoms with Gasteiger partial charge < -0.3 is 15.2 Å². The van der Waals surface area contributed by atoms with Gasteiger partial charge in [0.25, 0.3) is 0 Å².